The Kier molecular flexibility index (Phi) is 6.82. The summed E-state index contributed by atoms with van der Waals surface area (Å²) in [4.78, 5) is 2.41. The first-order chi connectivity index (χ1) is 13.4. The second-order valence-corrected chi connectivity index (χ2v) is 9.06. The molecule has 2 aromatic rings. The van der Waals surface area contributed by atoms with Crippen molar-refractivity contribution in [3.05, 3.63) is 65.5 Å². The third-order valence-electron chi connectivity index (χ3n) is 5.06. The van der Waals surface area contributed by atoms with Crippen LogP contribution in [0.1, 0.15) is 36.9 Å². The van der Waals surface area contributed by atoms with Crippen molar-refractivity contribution in [2.24, 2.45) is 0 Å². The van der Waals surface area contributed by atoms with Gasteiger partial charge in [0.25, 0.3) is 0 Å². The van der Waals surface area contributed by atoms with Crippen LogP contribution in [0.5, 0.6) is 0 Å². The first-order valence-corrected chi connectivity index (χ1v) is 11.0. The van der Waals surface area contributed by atoms with Gasteiger partial charge in [0, 0.05) is 25.7 Å². The molecular weight excluding hydrogens is 379 g/mol. The molecule has 0 amide bonds. The molecule has 2 aromatic carbocycles. The summed E-state index contributed by atoms with van der Waals surface area (Å²) in [6, 6.07) is 13.0. The molecule has 0 radical (unpaired) electrons. The van der Waals surface area contributed by atoms with Crippen LogP contribution >= 0.6 is 0 Å². The second-order valence-electron chi connectivity index (χ2n) is 7.29. The molecule has 0 spiro atoms. The Labute approximate surface area is 166 Å². The molecule has 7 heteroatoms. The number of hydrogen-bond donors (Lipinski definition) is 1. The van der Waals surface area contributed by atoms with Gasteiger partial charge in [-0.15, -0.1) is 0 Å². The zero-order valence-corrected chi connectivity index (χ0v) is 17.1. The molecule has 0 saturated carbocycles. The van der Waals surface area contributed by atoms with E-state index < -0.39 is 10.0 Å². The van der Waals surface area contributed by atoms with E-state index in [4.69, 9.17) is 4.74 Å². The highest BCUT2D eigenvalue weighted by molar-refractivity contribution is 7.89. The third kappa shape index (κ3) is 5.17. The van der Waals surface area contributed by atoms with Crippen molar-refractivity contribution in [1.29, 1.82) is 0 Å². The van der Waals surface area contributed by atoms with E-state index in [1.54, 1.807) is 24.3 Å². The van der Waals surface area contributed by atoms with Crippen molar-refractivity contribution in [2.45, 2.75) is 30.7 Å². The lowest BCUT2D eigenvalue weighted by atomic mass is 10.0. The number of ether oxygens (including phenoxy) is 1. The third-order valence-corrected chi connectivity index (χ3v) is 6.50. The Balaban J connectivity index is 1.77. The van der Waals surface area contributed by atoms with Crippen LogP contribution in [0.4, 0.5) is 4.39 Å². The molecule has 1 saturated heterocycles. The summed E-state index contributed by atoms with van der Waals surface area (Å²) < 4.78 is 47.0. The average Bonchev–Trinajstić information content (AvgIpc) is 2.70. The van der Waals surface area contributed by atoms with Crippen molar-refractivity contribution in [2.75, 3.05) is 32.8 Å². The van der Waals surface area contributed by atoms with Gasteiger partial charge in [-0.3, -0.25) is 4.90 Å². The molecule has 1 atom stereocenters. The number of rotatable bonds is 7. The fourth-order valence-corrected chi connectivity index (χ4v) is 4.37. The Hall–Kier alpha value is -1.80. The molecule has 1 unspecified atom stereocenters. The summed E-state index contributed by atoms with van der Waals surface area (Å²) in [5.41, 5.74) is 1.97. The van der Waals surface area contributed by atoms with Crippen LogP contribution in [0, 0.1) is 5.82 Å². The molecular formula is C21H27FN2O3S. The first kappa shape index (κ1) is 20.9. The van der Waals surface area contributed by atoms with E-state index in [2.05, 4.69) is 23.5 Å². The summed E-state index contributed by atoms with van der Waals surface area (Å²) in [6.45, 7) is 6.94. The number of halogens is 1. The van der Waals surface area contributed by atoms with Gasteiger partial charge in [0.1, 0.15) is 5.82 Å². The van der Waals surface area contributed by atoms with Crippen molar-refractivity contribution < 1.29 is 17.5 Å². The van der Waals surface area contributed by atoms with Crippen molar-refractivity contribution in [3.63, 3.8) is 0 Å². The summed E-state index contributed by atoms with van der Waals surface area (Å²) in [5, 5.41) is 0. The van der Waals surface area contributed by atoms with E-state index in [1.807, 2.05) is 12.1 Å². The van der Waals surface area contributed by atoms with Gasteiger partial charge in [-0.1, -0.05) is 38.1 Å². The van der Waals surface area contributed by atoms with Gasteiger partial charge in [0.15, 0.2) is 0 Å². The molecule has 1 heterocycles. The zero-order chi connectivity index (χ0) is 20.1. The standard InChI is InChI=1S/C21H27FN2O3S/c1-16(2)17-5-9-20(10-6-17)28(25,26)23-15-21(24-11-13-27-14-12-24)18-3-7-19(22)8-4-18/h3-10,16,21,23H,11-15H2,1-2H3. The minimum atomic E-state index is -3.63. The number of morpholine rings is 1. The first-order valence-electron chi connectivity index (χ1n) is 9.54. The number of hydrogen-bond acceptors (Lipinski definition) is 4. The molecule has 3 rings (SSSR count). The highest BCUT2D eigenvalue weighted by atomic mass is 32.2. The highest BCUT2D eigenvalue weighted by Crippen LogP contribution is 2.23. The highest BCUT2D eigenvalue weighted by Gasteiger charge is 2.25. The lowest BCUT2D eigenvalue weighted by molar-refractivity contribution is 0.0172. The Morgan fingerprint density at radius 2 is 1.57 bits per heavy atom. The lowest BCUT2D eigenvalue weighted by Gasteiger charge is -2.34. The molecule has 1 aliphatic rings. The van der Waals surface area contributed by atoms with E-state index in [1.165, 1.54) is 12.1 Å². The Morgan fingerprint density at radius 1 is 1.00 bits per heavy atom. The van der Waals surface area contributed by atoms with Gasteiger partial charge in [-0.25, -0.2) is 17.5 Å². The van der Waals surface area contributed by atoms with Crippen molar-refractivity contribution in [3.8, 4) is 0 Å². The molecule has 1 N–H and O–H groups in total. The van der Waals surface area contributed by atoms with Crippen LogP contribution < -0.4 is 4.72 Å². The molecule has 5 nitrogen and oxygen atoms in total. The average molecular weight is 407 g/mol. The van der Waals surface area contributed by atoms with Crippen LogP contribution in [0.15, 0.2) is 53.4 Å². The fourth-order valence-electron chi connectivity index (χ4n) is 3.34. The zero-order valence-electron chi connectivity index (χ0n) is 16.3. The predicted octanol–water partition coefficient (Wildman–Crippen LogP) is 3.30. The molecule has 1 fully saturated rings. The summed E-state index contributed by atoms with van der Waals surface area (Å²) in [6.07, 6.45) is 0. The topological polar surface area (TPSA) is 58.6 Å². The quantitative estimate of drug-likeness (QED) is 0.767. The van der Waals surface area contributed by atoms with Crippen molar-refractivity contribution >= 4 is 10.0 Å². The summed E-state index contributed by atoms with van der Waals surface area (Å²) in [5.74, 6) is 0.0317. The van der Waals surface area contributed by atoms with Crippen LogP contribution in [0.25, 0.3) is 0 Å². The minimum absolute atomic E-state index is 0.186. The maximum atomic E-state index is 13.3. The molecule has 152 valence electrons. The Bertz CT molecular complexity index is 862. The van der Waals surface area contributed by atoms with Gasteiger partial charge >= 0.3 is 0 Å². The normalized spacial score (nSPS) is 17.0. The van der Waals surface area contributed by atoms with Crippen molar-refractivity contribution in [1.82, 2.24) is 9.62 Å². The van der Waals surface area contributed by atoms with E-state index in [-0.39, 0.29) is 23.3 Å². The summed E-state index contributed by atoms with van der Waals surface area (Å²) in [7, 11) is -3.63. The van der Waals surface area contributed by atoms with E-state index in [9.17, 15) is 12.8 Å². The van der Waals surface area contributed by atoms with Gasteiger partial charge < -0.3 is 4.74 Å². The smallest absolute Gasteiger partial charge is 0.240 e. The summed E-state index contributed by atoms with van der Waals surface area (Å²) >= 11 is 0. The molecule has 0 aliphatic carbocycles. The molecule has 28 heavy (non-hydrogen) atoms. The maximum absolute atomic E-state index is 13.3. The number of sulfonamides is 1. The van der Waals surface area contributed by atoms with Crippen LogP contribution in [0.3, 0.4) is 0 Å². The minimum Gasteiger partial charge on any atom is -0.379 e. The number of benzene rings is 2. The van der Waals surface area contributed by atoms with Crippen LogP contribution in [-0.4, -0.2) is 46.2 Å². The largest absolute Gasteiger partial charge is 0.379 e. The van der Waals surface area contributed by atoms with E-state index in [0.717, 1.165) is 11.1 Å². The number of nitrogens with zero attached hydrogens (tertiary/aromatic N) is 1. The molecule has 0 bridgehead atoms. The predicted molar refractivity (Wildman–Crippen MR) is 107 cm³/mol. The van der Waals surface area contributed by atoms with E-state index in [0.29, 0.717) is 32.2 Å². The SMILES string of the molecule is CC(C)c1ccc(S(=O)(=O)NCC(c2ccc(F)cc2)N2CCOCC2)cc1. The van der Waals surface area contributed by atoms with Crippen LogP contribution in [0.2, 0.25) is 0 Å². The van der Waals surface area contributed by atoms with Gasteiger partial charge in [-0.2, -0.15) is 0 Å². The second kappa shape index (κ2) is 9.13. The van der Waals surface area contributed by atoms with Crippen LogP contribution in [-0.2, 0) is 14.8 Å². The van der Waals surface area contributed by atoms with Gasteiger partial charge in [0.05, 0.1) is 18.1 Å². The Morgan fingerprint density at radius 3 is 2.14 bits per heavy atom. The lowest BCUT2D eigenvalue weighted by Crippen LogP contribution is -2.43. The number of nitrogens with one attached hydrogen (secondary N) is 1. The molecule has 0 aromatic heterocycles. The van der Waals surface area contributed by atoms with Gasteiger partial charge in [-0.05, 0) is 41.3 Å². The maximum Gasteiger partial charge on any atom is 0.240 e. The monoisotopic (exact) mass is 406 g/mol. The van der Waals surface area contributed by atoms with Gasteiger partial charge in [0.2, 0.25) is 10.0 Å². The molecule has 1 aliphatic heterocycles. The van der Waals surface area contributed by atoms with E-state index >= 15 is 0 Å². The fraction of sp³-hybridized carbons (Fsp3) is 0.429.